The van der Waals surface area contributed by atoms with Crippen LogP contribution in [-0.4, -0.2) is 30.4 Å². The molecule has 3 aromatic rings. The Labute approximate surface area is 196 Å². The predicted molar refractivity (Wildman–Crippen MR) is 125 cm³/mol. The van der Waals surface area contributed by atoms with Crippen molar-refractivity contribution in [3.63, 3.8) is 0 Å². The van der Waals surface area contributed by atoms with E-state index in [1.165, 1.54) is 36.2 Å². The standard InChI is InChI=1S/C26H24FN3O4/c1-16-20-7-3-4-8-21(20)22-9-5-6-10-23(22)30(26(16)33)29-25(32)17(2)28-24(31)15-34-19-13-11-18(27)12-14-19/h3-14,16-17H,15H2,1-2H3,(H,28,31)(H,29,32)/t16?,17-/m0/s1. The summed E-state index contributed by atoms with van der Waals surface area (Å²) in [6.45, 7) is 2.96. The van der Waals surface area contributed by atoms with Gasteiger partial charge in [-0.25, -0.2) is 9.40 Å². The molecule has 0 aromatic heterocycles. The maximum absolute atomic E-state index is 13.3. The van der Waals surface area contributed by atoms with Crippen molar-refractivity contribution >= 4 is 23.4 Å². The van der Waals surface area contributed by atoms with Crippen LogP contribution in [0.5, 0.6) is 5.75 Å². The van der Waals surface area contributed by atoms with Crippen molar-refractivity contribution in [3.05, 3.63) is 84.2 Å². The Bertz CT molecular complexity index is 1230. The number of rotatable bonds is 6. The Morgan fingerprint density at radius 2 is 1.65 bits per heavy atom. The second kappa shape index (κ2) is 9.74. The number of nitrogens with one attached hydrogen (secondary N) is 2. The lowest BCUT2D eigenvalue weighted by atomic mass is 9.92. The fourth-order valence-corrected chi connectivity index (χ4v) is 3.81. The first kappa shape index (κ1) is 23.0. The number of amides is 3. The van der Waals surface area contributed by atoms with Crippen LogP contribution in [0.15, 0.2) is 72.8 Å². The van der Waals surface area contributed by atoms with Gasteiger partial charge in [0.25, 0.3) is 17.7 Å². The molecule has 0 fully saturated rings. The minimum Gasteiger partial charge on any atom is -0.484 e. The number of anilines is 1. The van der Waals surface area contributed by atoms with Crippen LogP contribution in [-0.2, 0) is 14.4 Å². The lowest BCUT2D eigenvalue weighted by Crippen LogP contribution is -2.54. The first-order chi connectivity index (χ1) is 16.3. The van der Waals surface area contributed by atoms with Gasteiger partial charge in [0.2, 0.25) is 0 Å². The number of nitrogens with zero attached hydrogens (tertiary/aromatic N) is 1. The summed E-state index contributed by atoms with van der Waals surface area (Å²) < 4.78 is 18.3. The lowest BCUT2D eigenvalue weighted by molar-refractivity contribution is -0.131. The average molecular weight is 461 g/mol. The van der Waals surface area contributed by atoms with E-state index in [2.05, 4.69) is 10.7 Å². The van der Waals surface area contributed by atoms with Gasteiger partial charge in [0.1, 0.15) is 17.6 Å². The number of ether oxygens (including phenoxy) is 1. The zero-order chi connectivity index (χ0) is 24.2. The summed E-state index contributed by atoms with van der Waals surface area (Å²) in [6.07, 6.45) is 0. The smallest absolute Gasteiger partial charge is 0.261 e. The van der Waals surface area contributed by atoms with Gasteiger partial charge in [0.05, 0.1) is 11.6 Å². The largest absolute Gasteiger partial charge is 0.484 e. The lowest BCUT2D eigenvalue weighted by Gasteiger charge is -2.27. The molecule has 0 radical (unpaired) electrons. The Morgan fingerprint density at radius 1 is 1.00 bits per heavy atom. The molecule has 1 aliphatic rings. The molecule has 34 heavy (non-hydrogen) atoms. The number of benzene rings is 3. The normalized spacial score (nSPS) is 15.4. The van der Waals surface area contributed by atoms with E-state index in [0.717, 1.165) is 16.7 Å². The van der Waals surface area contributed by atoms with Gasteiger partial charge in [0, 0.05) is 5.56 Å². The number of hydrazine groups is 1. The van der Waals surface area contributed by atoms with Gasteiger partial charge in [-0.3, -0.25) is 19.8 Å². The van der Waals surface area contributed by atoms with E-state index in [1.54, 1.807) is 19.1 Å². The van der Waals surface area contributed by atoms with E-state index in [-0.39, 0.29) is 12.5 Å². The highest BCUT2D eigenvalue weighted by atomic mass is 19.1. The summed E-state index contributed by atoms with van der Waals surface area (Å²) >= 11 is 0. The van der Waals surface area contributed by atoms with Crippen LogP contribution in [0.2, 0.25) is 0 Å². The average Bonchev–Trinajstić information content (AvgIpc) is 2.93. The highest BCUT2D eigenvalue weighted by molar-refractivity contribution is 6.06. The van der Waals surface area contributed by atoms with E-state index < -0.39 is 29.6 Å². The maximum Gasteiger partial charge on any atom is 0.261 e. The Balaban J connectivity index is 1.46. The van der Waals surface area contributed by atoms with Gasteiger partial charge in [-0.2, -0.15) is 0 Å². The first-order valence-electron chi connectivity index (χ1n) is 10.9. The Hall–Kier alpha value is -4.20. The molecule has 1 aliphatic heterocycles. The predicted octanol–water partition coefficient (Wildman–Crippen LogP) is 3.56. The van der Waals surface area contributed by atoms with Crippen LogP contribution in [0.3, 0.4) is 0 Å². The fourth-order valence-electron chi connectivity index (χ4n) is 3.81. The maximum atomic E-state index is 13.3. The third-order valence-electron chi connectivity index (χ3n) is 5.63. The number of hydrogen-bond donors (Lipinski definition) is 2. The van der Waals surface area contributed by atoms with Crippen molar-refractivity contribution in [2.24, 2.45) is 0 Å². The summed E-state index contributed by atoms with van der Waals surface area (Å²) in [4.78, 5) is 38.5. The number of halogens is 1. The molecule has 174 valence electrons. The van der Waals surface area contributed by atoms with Crippen molar-refractivity contribution in [1.29, 1.82) is 0 Å². The molecule has 2 N–H and O–H groups in total. The van der Waals surface area contributed by atoms with E-state index in [0.29, 0.717) is 11.4 Å². The van der Waals surface area contributed by atoms with E-state index in [4.69, 9.17) is 4.74 Å². The van der Waals surface area contributed by atoms with E-state index >= 15 is 0 Å². The number of carbonyl (C=O) groups excluding carboxylic acids is 3. The molecule has 7 nitrogen and oxygen atoms in total. The molecule has 0 saturated heterocycles. The van der Waals surface area contributed by atoms with Crippen LogP contribution in [0.4, 0.5) is 10.1 Å². The Kier molecular flexibility index (Phi) is 6.58. The van der Waals surface area contributed by atoms with Crippen molar-refractivity contribution in [2.45, 2.75) is 25.8 Å². The third-order valence-corrected chi connectivity index (χ3v) is 5.63. The van der Waals surface area contributed by atoms with E-state index in [9.17, 15) is 18.8 Å². The molecule has 3 amide bonds. The van der Waals surface area contributed by atoms with Crippen LogP contribution < -0.4 is 20.5 Å². The summed E-state index contributed by atoms with van der Waals surface area (Å²) in [7, 11) is 0. The Morgan fingerprint density at radius 3 is 2.38 bits per heavy atom. The SMILES string of the molecule is CC1C(=O)N(NC(=O)[C@H](C)NC(=O)COc2ccc(F)cc2)c2ccccc2-c2ccccc21. The van der Waals surface area contributed by atoms with Crippen molar-refractivity contribution in [2.75, 3.05) is 11.6 Å². The number of hydrogen-bond acceptors (Lipinski definition) is 4. The molecule has 0 saturated carbocycles. The molecular formula is C26H24FN3O4. The minimum atomic E-state index is -0.940. The molecule has 2 atom stereocenters. The highest BCUT2D eigenvalue weighted by Crippen LogP contribution is 2.39. The van der Waals surface area contributed by atoms with Crippen LogP contribution >= 0.6 is 0 Å². The summed E-state index contributed by atoms with van der Waals surface area (Å²) in [5, 5.41) is 3.80. The molecule has 8 heteroatoms. The van der Waals surface area contributed by atoms with Gasteiger partial charge in [-0.15, -0.1) is 0 Å². The zero-order valence-electron chi connectivity index (χ0n) is 18.7. The highest BCUT2D eigenvalue weighted by Gasteiger charge is 2.33. The fraction of sp³-hybridized carbons (Fsp3) is 0.192. The summed E-state index contributed by atoms with van der Waals surface area (Å²) in [6, 6.07) is 19.3. The van der Waals surface area contributed by atoms with Crippen molar-refractivity contribution < 1.29 is 23.5 Å². The van der Waals surface area contributed by atoms with Crippen LogP contribution in [0.25, 0.3) is 11.1 Å². The van der Waals surface area contributed by atoms with Gasteiger partial charge in [-0.1, -0.05) is 42.5 Å². The zero-order valence-corrected chi connectivity index (χ0v) is 18.7. The number of fused-ring (bicyclic) bond motifs is 3. The third kappa shape index (κ3) is 4.76. The second-order valence-corrected chi connectivity index (χ2v) is 8.01. The second-order valence-electron chi connectivity index (χ2n) is 8.01. The van der Waals surface area contributed by atoms with Crippen LogP contribution in [0.1, 0.15) is 25.3 Å². The number of para-hydroxylation sites is 1. The molecule has 1 unspecified atom stereocenters. The first-order valence-corrected chi connectivity index (χ1v) is 10.9. The van der Waals surface area contributed by atoms with Gasteiger partial charge in [-0.05, 0) is 55.3 Å². The molecule has 0 aliphatic carbocycles. The molecule has 0 spiro atoms. The minimum absolute atomic E-state index is 0.288. The topological polar surface area (TPSA) is 87.7 Å². The quantitative estimate of drug-likeness (QED) is 0.588. The molecule has 0 bridgehead atoms. The monoisotopic (exact) mass is 461 g/mol. The van der Waals surface area contributed by atoms with Crippen molar-refractivity contribution in [3.8, 4) is 16.9 Å². The number of carbonyl (C=O) groups is 3. The summed E-state index contributed by atoms with van der Waals surface area (Å²) in [5.74, 6) is -1.95. The van der Waals surface area contributed by atoms with Gasteiger partial charge >= 0.3 is 0 Å². The molecule has 3 aromatic carbocycles. The molecular weight excluding hydrogens is 437 g/mol. The van der Waals surface area contributed by atoms with Crippen LogP contribution in [0, 0.1) is 5.82 Å². The molecule has 1 heterocycles. The van der Waals surface area contributed by atoms with Gasteiger partial charge < -0.3 is 10.1 Å². The van der Waals surface area contributed by atoms with Crippen molar-refractivity contribution in [1.82, 2.24) is 10.7 Å². The molecule has 4 rings (SSSR count). The van der Waals surface area contributed by atoms with Gasteiger partial charge in [0.15, 0.2) is 6.61 Å². The van der Waals surface area contributed by atoms with E-state index in [1.807, 2.05) is 36.4 Å². The summed E-state index contributed by atoms with van der Waals surface area (Å²) in [5.41, 5.74) is 5.83.